The summed E-state index contributed by atoms with van der Waals surface area (Å²) in [6, 6.07) is 4.64. The zero-order valence-corrected chi connectivity index (χ0v) is 11.6. The molecular formula is C15H23N3O. The van der Waals surface area contributed by atoms with Crippen LogP contribution in [0.4, 0.5) is 5.82 Å². The molecule has 1 aromatic heterocycles. The molecule has 3 heterocycles. The van der Waals surface area contributed by atoms with Gasteiger partial charge >= 0.3 is 0 Å². The Morgan fingerprint density at radius 2 is 2.32 bits per heavy atom. The Balaban J connectivity index is 1.73. The maximum Gasteiger partial charge on any atom is 0.171 e. The molecule has 19 heavy (non-hydrogen) atoms. The average Bonchev–Trinajstić information content (AvgIpc) is 3.01. The molecule has 0 amide bonds. The molecular weight excluding hydrogens is 238 g/mol. The van der Waals surface area contributed by atoms with E-state index in [1.807, 2.05) is 18.3 Å². The van der Waals surface area contributed by atoms with Crippen molar-refractivity contribution in [1.82, 2.24) is 10.3 Å². The highest BCUT2D eigenvalue weighted by Gasteiger charge is 2.30. The van der Waals surface area contributed by atoms with E-state index >= 15 is 0 Å². The third kappa shape index (κ3) is 2.68. The van der Waals surface area contributed by atoms with Crippen molar-refractivity contribution in [2.45, 2.75) is 31.7 Å². The van der Waals surface area contributed by atoms with Crippen LogP contribution in [0.1, 0.15) is 25.7 Å². The normalized spacial score (nSPS) is 27.5. The molecule has 0 bridgehead atoms. The Morgan fingerprint density at radius 3 is 3.11 bits per heavy atom. The van der Waals surface area contributed by atoms with Crippen molar-refractivity contribution in [3.8, 4) is 5.75 Å². The zero-order chi connectivity index (χ0) is 13.1. The second-order valence-corrected chi connectivity index (χ2v) is 5.58. The van der Waals surface area contributed by atoms with Crippen LogP contribution in [0.5, 0.6) is 5.75 Å². The largest absolute Gasteiger partial charge is 0.493 e. The molecule has 0 radical (unpaired) electrons. The van der Waals surface area contributed by atoms with Gasteiger partial charge in [-0.05, 0) is 50.3 Å². The highest BCUT2D eigenvalue weighted by atomic mass is 16.5. The molecule has 0 saturated carbocycles. The van der Waals surface area contributed by atoms with E-state index in [1.165, 1.54) is 32.2 Å². The quantitative estimate of drug-likeness (QED) is 0.903. The molecule has 2 aliphatic rings. The number of anilines is 1. The van der Waals surface area contributed by atoms with E-state index in [0.717, 1.165) is 30.6 Å². The fraction of sp³-hybridized carbons (Fsp3) is 0.667. The number of hydrogen-bond acceptors (Lipinski definition) is 4. The molecule has 2 atom stereocenters. The number of aromatic nitrogens is 1. The topological polar surface area (TPSA) is 37.4 Å². The molecule has 1 N–H and O–H groups in total. The van der Waals surface area contributed by atoms with Crippen molar-refractivity contribution in [2.24, 2.45) is 5.92 Å². The number of hydrogen-bond donors (Lipinski definition) is 1. The Kier molecular flexibility index (Phi) is 3.87. The number of piperidine rings is 1. The van der Waals surface area contributed by atoms with Gasteiger partial charge in [0.2, 0.25) is 0 Å². The molecule has 1 aromatic rings. The van der Waals surface area contributed by atoms with Gasteiger partial charge in [-0.1, -0.05) is 0 Å². The smallest absolute Gasteiger partial charge is 0.171 e. The first kappa shape index (κ1) is 12.7. The Labute approximate surface area is 115 Å². The van der Waals surface area contributed by atoms with Crippen molar-refractivity contribution in [3.63, 3.8) is 0 Å². The van der Waals surface area contributed by atoms with E-state index in [2.05, 4.69) is 15.2 Å². The summed E-state index contributed by atoms with van der Waals surface area (Å²) in [5.41, 5.74) is 0. The highest BCUT2D eigenvalue weighted by Crippen LogP contribution is 2.31. The lowest BCUT2D eigenvalue weighted by atomic mass is 9.90. The monoisotopic (exact) mass is 261 g/mol. The van der Waals surface area contributed by atoms with E-state index < -0.39 is 0 Å². The maximum atomic E-state index is 5.44. The summed E-state index contributed by atoms with van der Waals surface area (Å²) in [6.07, 6.45) is 7.10. The van der Waals surface area contributed by atoms with Crippen LogP contribution in [-0.4, -0.2) is 37.8 Å². The number of ether oxygens (including phenoxy) is 1. The van der Waals surface area contributed by atoms with Crippen LogP contribution in [0.25, 0.3) is 0 Å². The van der Waals surface area contributed by atoms with Crippen LogP contribution in [0.15, 0.2) is 18.3 Å². The SMILES string of the molecule is COc1cccnc1N1CCCC(C2CCCN2)C1. The molecule has 3 rings (SSSR count). The first-order valence-corrected chi connectivity index (χ1v) is 7.36. The Morgan fingerprint density at radius 1 is 1.37 bits per heavy atom. The van der Waals surface area contributed by atoms with Crippen LogP contribution in [0, 0.1) is 5.92 Å². The van der Waals surface area contributed by atoms with Gasteiger partial charge in [0.15, 0.2) is 11.6 Å². The van der Waals surface area contributed by atoms with E-state index in [9.17, 15) is 0 Å². The fourth-order valence-electron chi connectivity index (χ4n) is 3.42. The number of nitrogens with zero attached hydrogens (tertiary/aromatic N) is 2. The van der Waals surface area contributed by atoms with Gasteiger partial charge in [0.25, 0.3) is 0 Å². The molecule has 2 saturated heterocycles. The minimum absolute atomic E-state index is 0.706. The molecule has 0 aliphatic carbocycles. The van der Waals surface area contributed by atoms with Crippen molar-refractivity contribution in [1.29, 1.82) is 0 Å². The minimum atomic E-state index is 0.706. The molecule has 104 valence electrons. The van der Waals surface area contributed by atoms with Gasteiger partial charge < -0.3 is 15.0 Å². The predicted octanol–water partition coefficient (Wildman–Crippen LogP) is 2.06. The fourth-order valence-corrected chi connectivity index (χ4v) is 3.42. The highest BCUT2D eigenvalue weighted by molar-refractivity contribution is 5.52. The first-order valence-electron chi connectivity index (χ1n) is 7.36. The van der Waals surface area contributed by atoms with Gasteiger partial charge in [-0.15, -0.1) is 0 Å². The zero-order valence-electron chi connectivity index (χ0n) is 11.6. The van der Waals surface area contributed by atoms with E-state index in [-0.39, 0.29) is 0 Å². The molecule has 2 aliphatic heterocycles. The standard InChI is InChI=1S/C15H23N3O/c1-19-14-7-3-9-17-15(14)18-10-4-5-12(11-18)13-6-2-8-16-13/h3,7,9,12-13,16H,2,4-6,8,10-11H2,1H3. The maximum absolute atomic E-state index is 5.44. The van der Waals surface area contributed by atoms with Gasteiger partial charge in [-0.3, -0.25) is 0 Å². The van der Waals surface area contributed by atoms with E-state index in [4.69, 9.17) is 4.74 Å². The van der Waals surface area contributed by atoms with Crippen LogP contribution < -0.4 is 15.0 Å². The Hall–Kier alpha value is -1.29. The van der Waals surface area contributed by atoms with Gasteiger partial charge in [0, 0.05) is 25.3 Å². The summed E-state index contributed by atoms with van der Waals surface area (Å²) >= 11 is 0. The summed E-state index contributed by atoms with van der Waals surface area (Å²) in [5, 5.41) is 3.65. The number of methoxy groups -OCH3 is 1. The average molecular weight is 261 g/mol. The van der Waals surface area contributed by atoms with Crippen LogP contribution in [-0.2, 0) is 0 Å². The van der Waals surface area contributed by atoms with Crippen molar-refractivity contribution >= 4 is 5.82 Å². The van der Waals surface area contributed by atoms with Crippen LogP contribution >= 0.6 is 0 Å². The molecule has 0 aromatic carbocycles. The van der Waals surface area contributed by atoms with Crippen molar-refractivity contribution < 1.29 is 4.74 Å². The third-order valence-electron chi connectivity index (χ3n) is 4.40. The van der Waals surface area contributed by atoms with E-state index in [1.54, 1.807) is 7.11 Å². The van der Waals surface area contributed by atoms with Gasteiger partial charge in [-0.25, -0.2) is 4.98 Å². The summed E-state index contributed by atoms with van der Waals surface area (Å²) in [5.74, 6) is 2.65. The lowest BCUT2D eigenvalue weighted by molar-refractivity contribution is 0.325. The van der Waals surface area contributed by atoms with Crippen LogP contribution in [0.3, 0.4) is 0 Å². The molecule has 4 nitrogen and oxygen atoms in total. The lowest BCUT2D eigenvalue weighted by Crippen LogP contribution is -2.43. The summed E-state index contributed by atoms with van der Waals surface area (Å²) in [4.78, 5) is 6.91. The first-order chi connectivity index (χ1) is 9.38. The van der Waals surface area contributed by atoms with Crippen LogP contribution in [0.2, 0.25) is 0 Å². The van der Waals surface area contributed by atoms with Gasteiger partial charge in [0.05, 0.1) is 7.11 Å². The number of rotatable bonds is 3. The second-order valence-electron chi connectivity index (χ2n) is 5.58. The molecule has 2 unspecified atom stereocenters. The number of nitrogens with one attached hydrogen (secondary N) is 1. The summed E-state index contributed by atoms with van der Waals surface area (Å²) in [7, 11) is 1.72. The second kappa shape index (κ2) is 5.78. The van der Waals surface area contributed by atoms with Gasteiger partial charge in [0.1, 0.15) is 0 Å². The molecule has 0 spiro atoms. The van der Waals surface area contributed by atoms with E-state index in [0.29, 0.717) is 6.04 Å². The number of pyridine rings is 1. The summed E-state index contributed by atoms with van der Waals surface area (Å²) in [6.45, 7) is 3.38. The van der Waals surface area contributed by atoms with Crippen molar-refractivity contribution in [3.05, 3.63) is 18.3 Å². The molecule has 2 fully saturated rings. The summed E-state index contributed by atoms with van der Waals surface area (Å²) < 4.78 is 5.44. The lowest BCUT2D eigenvalue weighted by Gasteiger charge is -2.36. The molecule has 4 heteroatoms. The third-order valence-corrected chi connectivity index (χ3v) is 4.40. The van der Waals surface area contributed by atoms with Gasteiger partial charge in [-0.2, -0.15) is 0 Å². The Bertz CT molecular complexity index is 418. The predicted molar refractivity (Wildman–Crippen MR) is 76.8 cm³/mol. The van der Waals surface area contributed by atoms with Crippen molar-refractivity contribution in [2.75, 3.05) is 31.6 Å². The minimum Gasteiger partial charge on any atom is -0.493 e.